The maximum atomic E-state index is 10.8. The fraction of sp³-hybridized carbons (Fsp3) is 0.800. The van der Waals surface area contributed by atoms with Crippen LogP contribution >= 0.6 is 0 Å². The average Bonchev–Trinajstić information content (AvgIpc) is 2.89. The normalized spacial score (nSPS) is 40.5. The highest BCUT2D eigenvalue weighted by Gasteiger charge is 2.71. The SMILES string of the molecule is NC(=O)OC[C@H]1[C@@H]2N=C(N)N[C@]23N(CCC3(O)O)C(N)N1O. The first kappa shape index (κ1) is 15.2. The van der Waals surface area contributed by atoms with Gasteiger partial charge in [0, 0.05) is 13.0 Å². The lowest BCUT2D eigenvalue weighted by Crippen LogP contribution is -2.82. The maximum Gasteiger partial charge on any atom is 0.404 e. The van der Waals surface area contributed by atoms with Crippen molar-refractivity contribution in [2.75, 3.05) is 13.2 Å². The lowest BCUT2D eigenvalue weighted by Gasteiger charge is -2.54. The number of nitrogens with two attached hydrogens (primary N) is 3. The number of hydroxylamine groups is 2. The molecule has 22 heavy (non-hydrogen) atoms. The fourth-order valence-electron chi connectivity index (χ4n) is 3.52. The summed E-state index contributed by atoms with van der Waals surface area (Å²) in [6, 6.07) is -1.89. The van der Waals surface area contributed by atoms with Crippen LogP contribution < -0.4 is 22.5 Å². The summed E-state index contributed by atoms with van der Waals surface area (Å²) in [5.41, 5.74) is 15.1. The zero-order chi connectivity index (χ0) is 16.3. The molecule has 0 aromatic heterocycles. The van der Waals surface area contributed by atoms with Crippen molar-refractivity contribution in [2.45, 2.75) is 36.2 Å². The second-order valence-electron chi connectivity index (χ2n) is 5.60. The number of amides is 1. The van der Waals surface area contributed by atoms with Crippen molar-refractivity contribution in [3.8, 4) is 0 Å². The fourth-order valence-corrected chi connectivity index (χ4v) is 3.52. The molecule has 0 aromatic rings. The van der Waals surface area contributed by atoms with Crippen molar-refractivity contribution in [1.29, 1.82) is 0 Å². The molecule has 1 amide bonds. The topological polar surface area (TPSA) is 196 Å². The van der Waals surface area contributed by atoms with Crippen LogP contribution in [0.25, 0.3) is 0 Å². The Morgan fingerprint density at radius 2 is 2.23 bits per heavy atom. The van der Waals surface area contributed by atoms with Gasteiger partial charge in [-0.05, 0) is 0 Å². The van der Waals surface area contributed by atoms with Gasteiger partial charge in [-0.1, -0.05) is 0 Å². The van der Waals surface area contributed by atoms with Gasteiger partial charge < -0.3 is 42.7 Å². The first-order chi connectivity index (χ1) is 10.2. The number of carbonyl (C=O) groups is 1. The van der Waals surface area contributed by atoms with Gasteiger partial charge >= 0.3 is 6.09 Å². The van der Waals surface area contributed by atoms with Gasteiger partial charge in [0.1, 0.15) is 18.9 Å². The summed E-state index contributed by atoms with van der Waals surface area (Å²) >= 11 is 0. The minimum atomic E-state index is -2.19. The lowest BCUT2D eigenvalue weighted by atomic mass is 9.85. The summed E-state index contributed by atoms with van der Waals surface area (Å²) in [6.45, 7) is -0.144. The Labute approximate surface area is 125 Å². The van der Waals surface area contributed by atoms with Gasteiger partial charge in [0.05, 0.1) is 6.04 Å². The maximum absolute atomic E-state index is 10.8. The number of carbonyl (C=O) groups excluding carboxylic acids is 1. The third-order valence-electron chi connectivity index (χ3n) is 4.48. The molecule has 4 atom stereocenters. The van der Waals surface area contributed by atoms with E-state index in [4.69, 9.17) is 21.9 Å². The largest absolute Gasteiger partial charge is 0.448 e. The third-order valence-corrected chi connectivity index (χ3v) is 4.48. The number of nitrogens with zero attached hydrogens (tertiary/aromatic N) is 3. The van der Waals surface area contributed by atoms with E-state index in [-0.39, 0.29) is 25.5 Å². The standard InChI is InChI=1S/C10H19N7O5/c11-6-14-5-4(3-22-8(13)18)17(21)7(12)16-2-1-9(19,20)10(5,16)15-6/h4-5,7,19-21H,1-3,12H2,(H2,13,18)(H3,11,14,15)/t4-,5-,7?,10-/m0/s1. The highest BCUT2D eigenvalue weighted by Crippen LogP contribution is 2.46. The quantitative estimate of drug-likeness (QED) is 0.245. The number of aliphatic hydroxyl groups is 2. The highest BCUT2D eigenvalue weighted by molar-refractivity contribution is 5.82. The highest BCUT2D eigenvalue weighted by atomic mass is 16.6. The molecule has 2 saturated heterocycles. The van der Waals surface area contributed by atoms with E-state index in [1.165, 1.54) is 4.90 Å². The molecular weight excluding hydrogens is 298 g/mol. The number of rotatable bonds is 2. The van der Waals surface area contributed by atoms with E-state index in [1.807, 2.05) is 0 Å². The van der Waals surface area contributed by atoms with Crippen LogP contribution in [0.5, 0.6) is 0 Å². The van der Waals surface area contributed by atoms with Gasteiger partial charge in [-0.25, -0.2) is 14.7 Å². The van der Waals surface area contributed by atoms with Gasteiger partial charge in [-0.15, -0.1) is 0 Å². The number of ether oxygens (including phenoxy) is 1. The van der Waals surface area contributed by atoms with E-state index in [2.05, 4.69) is 10.3 Å². The van der Waals surface area contributed by atoms with E-state index in [1.54, 1.807) is 0 Å². The Hall–Kier alpha value is -1.70. The van der Waals surface area contributed by atoms with Gasteiger partial charge in [0.15, 0.2) is 11.6 Å². The molecule has 3 aliphatic heterocycles. The Bertz CT molecular complexity index is 528. The lowest BCUT2D eigenvalue weighted by molar-refractivity contribution is -0.304. The smallest absolute Gasteiger partial charge is 0.404 e. The summed E-state index contributed by atoms with van der Waals surface area (Å²) in [5.74, 6) is -2.22. The number of nitrogens with one attached hydrogen (secondary N) is 1. The Morgan fingerprint density at radius 1 is 1.55 bits per heavy atom. The molecule has 0 aliphatic carbocycles. The monoisotopic (exact) mass is 317 g/mol. The molecule has 10 N–H and O–H groups in total. The molecule has 3 aliphatic rings. The predicted molar refractivity (Wildman–Crippen MR) is 70.7 cm³/mol. The van der Waals surface area contributed by atoms with E-state index < -0.39 is 35.9 Å². The van der Waals surface area contributed by atoms with Crippen LogP contribution in [0.4, 0.5) is 4.79 Å². The molecule has 124 valence electrons. The summed E-state index contributed by atoms with van der Waals surface area (Å²) < 4.78 is 4.72. The van der Waals surface area contributed by atoms with Gasteiger partial charge in [0.25, 0.3) is 0 Å². The second-order valence-corrected chi connectivity index (χ2v) is 5.60. The third kappa shape index (κ3) is 1.79. The molecule has 12 nitrogen and oxygen atoms in total. The van der Waals surface area contributed by atoms with E-state index >= 15 is 0 Å². The first-order valence-corrected chi connectivity index (χ1v) is 6.68. The average molecular weight is 317 g/mol. The molecule has 0 bridgehead atoms. The van der Waals surface area contributed by atoms with Crippen LogP contribution in [-0.4, -0.2) is 80.4 Å². The molecule has 1 spiro atoms. The molecule has 12 heteroatoms. The van der Waals surface area contributed by atoms with Crippen molar-refractivity contribution in [1.82, 2.24) is 15.3 Å². The molecule has 1 unspecified atom stereocenters. The molecule has 3 rings (SSSR count). The molecule has 0 saturated carbocycles. The molecule has 0 aromatic carbocycles. The van der Waals surface area contributed by atoms with E-state index in [9.17, 15) is 20.2 Å². The molecule has 3 heterocycles. The molecule has 2 fully saturated rings. The zero-order valence-corrected chi connectivity index (χ0v) is 11.6. The Kier molecular flexibility index (Phi) is 3.21. The second kappa shape index (κ2) is 4.65. The van der Waals surface area contributed by atoms with Crippen LogP contribution in [0, 0.1) is 0 Å². The summed E-state index contributed by atoms with van der Waals surface area (Å²) in [4.78, 5) is 16.4. The summed E-state index contributed by atoms with van der Waals surface area (Å²) in [6.07, 6.45) is -2.14. The molecular formula is C10H19N7O5. The zero-order valence-electron chi connectivity index (χ0n) is 11.6. The van der Waals surface area contributed by atoms with Crippen LogP contribution in [-0.2, 0) is 4.74 Å². The number of primary amides is 1. The van der Waals surface area contributed by atoms with Crippen molar-refractivity contribution in [3.63, 3.8) is 0 Å². The van der Waals surface area contributed by atoms with Crippen LogP contribution in [0.3, 0.4) is 0 Å². The Morgan fingerprint density at radius 3 is 2.86 bits per heavy atom. The van der Waals surface area contributed by atoms with Crippen molar-refractivity contribution >= 4 is 12.1 Å². The first-order valence-electron chi connectivity index (χ1n) is 6.68. The number of aliphatic imine (C=N–C) groups is 1. The van der Waals surface area contributed by atoms with E-state index in [0.29, 0.717) is 0 Å². The number of hydrogen-bond acceptors (Lipinski definition) is 11. The number of hydrogen-bond donors (Lipinski definition) is 7. The van der Waals surface area contributed by atoms with Crippen LogP contribution in [0.2, 0.25) is 0 Å². The summed E-state index contributed by atoms with van der Waals surface area (Å²) in [7, 11) is 0. The van der Waals surface area contributed by atoms with Gasteiger partial charge in [0.2, 0.25) is 5.79 Å². The van der Waals surface area contributed by atoms with Crippen molar-refractivity contribution in [2.24, 2.45) is 22.2 Å². The van der Waals surface area contributed by atoms with Gasteiger partial charge in [-0.3, -0.25) is 0 Å². The minimum absolute atomic E-state index is 0.0236. The molecule has 0 radical (unpaired) electrons. The van der Waals surface area contributed by atoms with Crippen molar-refractivity contribution in [3.05, 3.63) is 0 Å². The van der Waals surface area contributed by atoms with Crippen molar-refractivity contribution < 1.29 is 25.0 Å². The summed E-state index contributed by atoms with van der Waals surface area (Å²) in [5, 5.41) is 34.5. The van der Waals surface area contributed by atoms with Gasteiger partial charge in [-0.2, -0.15) is 5.06 Å². The van der Waals surface area contributed by atoms with Crippen LogP contribution in [0.15, 0.2) is 4.99 Å². The minimum Gasteiger partial charge on any atom is -0.448 e. The number of guanidine groups is 1. The van der Waals surface area contributed by atoms with E-state index in [0.717, 1.165) is 5.06 Å². The predicted octanol–water partition coefficient (Wildman–Crippen LogP) is -4.23. The Balaban J connectivity index is 2.01. The van der Waals surface area contributed by atoms with Crippen LogP contribution in [0.1, 0.15) is 6.42 Å².